The zero-order chi connectivity index (χ0) is 69.0. The second-order valence-electron chi connectivity index (χ2n) is 23.1. The number of sulfone groups is 4. The molecule has 0 saturated carbocycles. The van der Waals surface area contributed by atoms with Gasteiger partial charge in [-0.25, -0.2) is 38.7 Å². The van der Waals surface area contributed by atoms with Gasteiger partial charge in [0.25, 0.3) is 5.91 Å². The van der Waals surface area contributed by atoms with Crippen molar-refractivity contribution in [1.82, 2.24) is 4.98 Å². The smallest absolute Gasteiger partial charge is 0.259 e. The topological polar surface area (TPSA) is 287 Å². The van der Waals surface area contributed by atoms with Crippen LogP contribution in [0.1, 0.15) is 101 Å². The average molecular weight is 1390 g/mol. The predicted octanol–water partition coefficient (Wildman–Crippen LogP) is 12.0. The van der Waals surface area contributed by atoms with Gasteiger partial charge in [0.1, 0.15) is 17.3 Å². The van der Waals surface area contributed by atoms with E-state index in [2.05, 4.69) is 5.32 Å². The predicted molar refractivity (Wildman–Crippen MR) is 363 cm³/mol. The van der Waals surface area contributed by atoms with Gasteiger partial charge in [0.15, 0.2) is 41.1 Å². The van der Waals surface area contributed by atoms with Gasteiger partial charge < -0.3 is 29.4 Å². The molecular weight excluding hydrogens is 1330 g/mol. The molecule has 8 aromatic carbocycles. The van der Waals surface area contributed by atoms with Crippen LogP contribution in [0.3, 0.4) is 0 Å². The van der Waals surface area contributed by atoms with Crippen LogP contribution in [0.5, 0.6) is 5.75 Å². The number of aromatic hydroxyl groups is 1. The summed E-state index contributed by atoms with van der Waals surface area (Å²) in [6.45, 7) is 3.45. The summed E-state index contributed by atoms with van der Waals surface area (Å²) in [6.07, 6.45) is -0.720. The zero-order valence-corrected chi connectivity index (χ0v) is 56.8. The number of hydrogen-bond acceptors (Lipinski definition) is 18. The van der Waals surface area contributed by atoms with Gasteiger partial charge in [0.05, 0.1) is 84.4 Å². The number of rotatable bonds is 15. The van der Waals surface area contributed by atoms with Crippen molar-refractivity contribution in [2.75, 3.05) is 51.0 Å². The number of aryl methyl sites for hydroxylation is 1. The monoisotopic (exact) mass is 1390 g/mol. The minimum Gasteiger partial charge on any atom is -0.507 e. The number of nitrogens with zero attached hydrogens (tertiary/aromatic N) is 1. The Bertz CT molecular complexity index is 5080. The number of ketones is 3. The van der Waals surface area contributed by atoms with Gasteiger partial charge in [-0.2, -0.15) is 0 Å². The lowest BCUT2D eigenvalue weighted by Crippen LogP contribution is -2.12. The Hall–Kier alpha value is -9.04. The first-order valence-corrected chi connectivity index (χ1v) is 36.7. The van der Waals surface area contributed by atoms with Gasteiger partial charge >= 0.3 is 0 Å². The molecule has 24 heteroatoms. The maximum Gasteiger partial charge on any atom is 0.259 e. The SMILES string of the molecule is COC1=CS(=O)(=O)c2cc(NC(=O)c3cc(Cl)ccc3O)ccc21.COC1CS(=O)(=O)c2cc(CC(=O)c3cc(-c4ccccc4)nc4ccccc34)ccc21.COC1CS(=O)(=O)c2cc(CC(=O)c3ccc(C)cc3)ccc21.COC1CS(=O)(=O)c2cc(CC(C)=O)ccc21. The van der Waals surface area contributed by atoms with E-state index in [0.717, 1.165) is 38.7 Å². The van der Waals surface area contributed by atoms with Crippen molar-refractivity contribution in [2.45, 2.75) is 71.0 Å². The first kappa shape index (κ1) is 69.8. The third-order valence-electron chi connectivity index (χ3n) is 16.4. The number of ether oxygens (including phenoxy) is 4. The van der Waals surface area contributed by atoms with E-state index in [1.807, 2.05) is 85.8 Å². The van der Waals surface area contributed by atoms with E-state index >= 15 is 0 Å². The van der Waals surface area contributed by atoms with Gasteiger partial charge in [-0.05, 0) is 97.3 Å². The van der Waals surface area contributed by atoms with Gasteiger partial charge in [-0.3, -0.25) is 19.2 Å². The molecule has 0 fully saturated rings. The molecule has 0 aliphatic carbocycles. The van der Waals surface area contributed by atoms with Gasteiger partial charge in [0, 0.05) is 95.6 Å². The van der Waals surface area contributed by atoms with Crippen LogP contribution >= 0.6 is 11.6 Å². The van der Waals surface area contributed by atoms with Crippen LogP contribution in [0, 0.1) is 6.92 Å². The molecule has 0 saturated heterocycles. The molecule has 9 aromatic rings. The highest BCUT2D eigenvalue weighted by molar-refractivity contribution is 7.95. The van der Waals surface area contributed by atoms with Crippen molar-refractivity contribution in [1.29, 1.82) is 0 Å². The van der Waals surface area contributed by atoms with E-state index in [1.165, 1.54) is 59.6 Å². The van der Waals surface area contributed by atoms with E-state index in [-0.39, 0.29) is 92.5 Å². The third kappa shape index (κ3) is 15.4. The minimum absolute atomic E-state index is 0.0115. The molecule has 1 amide bonds. The molecule has 0 radical (unpaired) electrons. The Morgan fingerprint density at radius 3 is 1.57 bits per heavy atom. The summed E-state index contributed by atoms with van der Waals surface area (Å²) in [5.74, 6) is -0.788. The molecule has 13 rings (SSSR count). The fourth-order valence-electron chi connectivity index (χ4n) is 11.5. The van der Waals surface area contributed by atoms with Crippen LogP contribution in [0.2, 0.25) is 5.02 Å². The van der Waals surface area contributed by atoms with Crippen molar-refractivity contribution in [3.8, 4) is 17.0 Å². The first-order valence-electron chi connectivity index (χ1n) is 29.8. The molecule has 2 N–H and O–H groups in total. The quantitative estimate of drug-likeness (QED) is 0.0902. The molecule has 5 heterocycles. The zero-order valence-electron chi connectivity index (χ0n) is 52.7. The van der Waals surface area contributed by atoms with Crippen LogP contribution in [0.25, 0.3) is 27.9 Å². The number of halogens is 1. The van der Waals surface area contributed by atoms with Crippen LogP contribution < -0.4 is 5.32 Å². The Labute approximate surface area is 561 Å². The van der Waals surface area contributed by atoms with Crippen molar-refractivity contribution in [3.05, 3.63) is 248 Å². The summed E-state index contributed by atoms with van der Waals surface area (Å²) < 4.78 is 118. The highest BCUT2D eigenvalue weighted by Crippen LogP contribution is 2.40. The molecule has 4 aliphatic rings. The molecule has 3 unspecified atom stereocenters. The van der Waals surface area contributed by atoms with Crippen molar-refractivity contribution in [2.24, 2.45) is 0 Å². The molecule has 96 heavy (non-hydrogen) atoms. The summed E-state index contributed by atoms with van der Waals surface area (Å²) in [5.41, 5.74) is 9.53. The largest absolute Gasteiger partial charge is 0.507 e. The van der Waals surface area contributed by atoms with Gasteiger partial charge in [0.2, 0.25) is 9.84 Å². The number of pyridine rings is 1. The second-order valence-corrected chi connectivity index (χ2v) is 31.3. The molecule has 496 valence electrons. The number of phenols is 1. The number of para-hydroxylation sites is 1. The van der Waals surface area contributed by atoms with E-state index in [0.29, 0.717) is 59.3 Å². The van der Waals surface area contributed by atoms with Crippen LogP contribution in [-0.2, 0) is 82.4 Å². The average Bonchev–Trinajstić information content (AvgIpc) is 1.49. The van der Waals surface area contributed by atoms with E-state index in [9.17, 15) is 58.0 Å². The number of benzene rings is 8. The maximum atomic E-state index is 13.4. The molecule has 19 nitrogen and oxygen atoms in total. The third-order valence-corrected chi connectivity index (χ3v) is 23.4. The summed E-state index contributed by atoms with van der Waals surface area (Å²) in [5, 5.41) is 14.4. The number of aromatic nitrogens is 1. The van der Waals surface area contributed by atoms with Crippen molar-refractivity contribution >= 4 is 96.6 Å². The number of nitrogens with one attached hydrogen (secondary N) is 1. The number of Topliss-reactive ketones (excluding diaryl/α,β-unsaturated/α-hetero) is 3. The lowest BCUT2D eigenvalue weighted by molar-refractivity contribution is -0.116. The van der Waals surface area contributed by atoms with E-state index < -0.39 is 57.5 Å². The number of carbonyl (C=O) groups is 4. The highest BCUT2D eigenvalue weighted by atomic mass is 35.5. The standard InChI is InChI=1S/C26H21NO4S.C18H18O4S.C16H12ClNO5S.C12H14O4S/c1-31-25-16-32(29,30)26-14-17(11-12-20(25)26)13-24(28)21-15-23(18-7-3-2-4-8-18)27-22-10-6-5-9-19(21)22;1-12-3-6-14(7-4-12)16(19)9-13-5-8-15-17(22-2)11-23(20,21)18(15)10-13;1-23-14-8-24(21,22)15-7-10(3-4-11(14)15)18-16(20)12-6-9(17)2-5-13(12)19;1-8(13)5-9-3-4-10-11(16-2)7-17(14,15)12(10)6-9/h2-12,14-15,25H,13,16H2,1H3;3-8,10,17H,9,11H2,1-2H3;2-8,19H,1H3,(H,18,20);3-4,6,11H,5,7H2,1-2H3. The fourth-order valence-corrected chi connectivity index (χ4v) is 18.4. The number of amides is 1. The second kappa shape index (κ2) is 28.7. The van der Waals surface area contributed by atoms with Crippen LogP contribution in [0.4, 0.5) is 5.69 Å². The Balaban J connectivity index is 0.000000143. The summed E-state index contributed by atoms with van der Waals surface area (Å²) >= 11 is 5.82. The Morgan fingerprint density at radius 2 is 1.05 bits per heavy atom. The molecule has 4 aliphatic heterocycles. The number of carbonyl (C=O) groups excluding carboxylic acids is 4. The maximum absolute atomic E-state index is 13.4. The normalized spacial score (nSPS) is 17.4. The summed E-state index contributed by atoms with van der Waals surface area (Å²) in [7, 11) is -7.73. The van der Waals surface area contributed by atoms with Gasteiger partial charge in [-0.15, -0.1) is 0 Å². The summed E-state index contributed by atoms with van der Waals surface area (Å²) in [4.78, 5) is 54.6. The minimum atomic E-state index is -3.61. The number of fused-ring (bicyclic) bond motifs is 5. The van der Waals surface area contributed by atoms with Crippen LogP contribution in [-0.4, -0.2) is 113 Å². The molecule has 0 spiro atoms. The number of methoxy groups -OCH3 is 4. The lowest BCUT2D eigenvalue weighted by Gasteiger charge is -2.11. The van der Waals surface area contributed by atoms with E-state index in [1.54, 1.807) is 72.8 Å². The Morgan fingerprint density at radius 1 is 0.542 bits per heavy atom. The molecular formula is C72H65ClN2O17S4. The van der Waals surface area contributed by atoms with Crippen molar-refractivity contribution in [3.63, 3.8) is 0 Å². The molecule has 3 atom stereocenters. The number of phenolic OH excluding ortho intramolecular Hbond substituents is 1. The highest BCUT2D eigenvalue weighted by Gasteiger charge is 2.38. The first-order chi connectivity index (χ1) is 45.6. The molecule has 1 aromatic heterocycles. The van der Waals surface area contributed by atoms with Gasteiger partial charge in [-0.1, -0.05) is 126 Å². The fraction of sp³-hybridized carbons (Fsp3) is 0.208. The number of hydrogen-bond donors (Lipinski definition) is 2. The van der Waals surface area contributed by atoms with E-state index in [4.69, 9.17) is 35.5 Å². The Kier molecular flexibility index (Phi) is 20.9. The lowest BCUT2D eigenvalue weighted by atomic mass is 9.96. The van der Waals surface area contributed by atoms with Crippen molar-refractivity contribution < 1.29 is 76.9 Å². The number of anilines is 1. The van der Waals surface area contributed by atoms with Crippen LogP contribution in [0.15, 0.2) is 201 Å². The molecule has 0 bridgehead atoms. The summed E-state index contributed by atoms with van der Waals surface area (Å²) in [6, 6.07) is 50.5.